The van der Waals surface area contributed by atoms with Crippen LogP contribution in [0.1, 0.15) is 6.42 Å². The summed E-state index contributed by atoms with van der Waals surface area (Å²) in [5.74, 6) is -0.155. The normalized spacial score (nSPS) is 21.0. The number of carbonyl (C=O) groups is 1. The summed E-state index contributed by atoms with van der Waals surface area (Å²) in [7, 11) is 0. The van der Waals surface area contributed by atoms with Gasteiger partial charge in [0.25, 0.3) is 5.70 Å². The van der Waals surface area contributed by atoms with E-state index < -0.39 is 4.92 Å². The van der Waals surface area contributed by atoms with E-state index in [1.165, 1.54) is 12.2 Å². The van der Waals surface area contributed by atoms with Gasteiger partial charge in [0, 0.05) is 12.0 Å². The quantitative estimate of drug-likeness (QED) is 0.432. The molecule has 4 nitrogen and oxygen atoms in total. The molecule has 0 radical (unpaired) electrons. The van der Waals surface area contributed by atoms with Crippen LogP contribution in [0.15, 0.2) is 23.9 Å². The smallest absolute Gasteiger partial charge is 0.265 e. The zero-order chi connectivity index (χ0) is 9.84. The highest BCUT2D eigenvalue weighted by Crippen LogP contribution is 2.18. The maximum atomic E-state index is 11.1. The molecule has 1 unspecified atom stereocenters. The van der Waals surface area contributed by atoms with E-state index in [0.29, 0.717) is 11.8 Å². The highest BCUT2D eigenvalue weighted by Gasteiger charge is 2.19. The van der Waals surface area contributed by atoms with Crippen LogP contribution in [-0.4, -0.2) is 16.0 Å². The van der Waals surface area contributed by atoms with E-state index in [1.807, 2.05) is 0 Å². The van der Waals surface area contributed by atoms with Gasteiger partial charge in [0.15, 0.2) is 5.78 Å². The Kier molecular flexibility index (Phi) is 3.36. The molecule has 70 valence electrons. The van der Waals surface area contributed by atoms with E-state index in [0.717, 1.165) is 0 Å². The van der Waals surface area contributed by atoms with Crippen molar-refractivity contribution in [2.24, 2.45) is 5.92 Å². The largest absolute Gasteiger partial charge is 0.298 e. The van der Waals surface area contributed by atoms with E-state index in [2.05, 4.69) is 15.9 Å². The Balaban J connectivity index is 2.63. The molecule has 0 aromatic rings. The summed E-state index contributed by atoms with van der Waals surface area (Å²) in [6.07, 6.45) is 4.87. The lowest BCUT2D eigenvalue weighted by molar-refractivity contribution is -0.419. The monoisotopic (exact) mass is 245 g/mol. The van der Waals surface area contributed by atoms with Crippen LogP contribution in [0.3, 0.4) is 0 Å². The first-order chi connectivity index (χ1) is 6.15. The van der Waals surface area contributed by atoms with Crippen molar-refractivity contribution in [3.8, 4) is 0 Å². The lowest BCUT2D eigenvalue weighted by Gasteiger charge is -2.09. The molecule has 0 saturated heterocycles. The molecule has 1 aliphatic rings. The molecule has 0 spiro atoms. The molecule has 0 saturated carbocycles. The average molecular weight is 246 g/mol. The number of ketones is 1. The number of allylic oxidation sites excluding steroid dienone is 3. The summed E-state index contributed by atoms with van der Waals surface area (Å²) < 4.78 is 0. The molecule has 1 atom stereocenters. The fraction of sp³-hybridized carbons (Fsp3) is 0.375. The van der Waals surface area contributed by atoms with Gasteiger partial charge >= 0.3 is 0 Å². The number of carbonyl (C=O) groups excluding carboxylic acids is 1. The van der Waals surface area contributed by atoms with E-state index in [1.54, 1.807) is 6.08 Å². The minimum atomic E-state index is -0.453. The molecule has 0 aromatic heterocycles. The zero-order valence-corrected chi connectivity index (χ0v) is 8.36. The van der Waals surface area contributed by atoms with Crippen LogP contribution in [0.2, 0.25) is 0 Å². The predicted octanol–water partition coefficient (Wildman–Crippen LogP) is 1.69. The van der Waals surface area contributed by atoms with Gasteiger partial charge in [-0.1, -0.05) is 22.0 Å². The van der Waals surface area contributed by atoms with Crippen molar-refractivity contribution in [3.63, 3.8) is 0 Å². The van der Waals surface area contributed by atoms with Crippen molar-refractivity contribution in [2.75, 3.05) is 5.33 Å². The first-order valence-corrected chi connectivity index (χ1v) is 4.88. The standard InChI is InChI=1S/C8H8BrNO3/c9-5-8(11)6-1-3-7(4-2-6)10(12)13/h1,3-4,6H,2,5H2. The van der Waals surface area contributed by atoms with E-state index in [-0.39, 0.29) is 17.4 Å². The fourth-order valence-electron chi connectivity index (χ4n) is 1.08. The van der Waals surface area contributed by atoms with Crippen LogP contribution >= 0.6 is 15.9 Å². The van der Waals surface area contributed by atoms with Gasteiger partial charge in [0.1, 0.15) is 0 Å². The summed E-state index contributed by atoms with van der Waals surface area (Å²) in [6.45, 7) is 0. The lowest BCUT2D eigenvalue weighted by Crippen LogP contribution is -2.15. The third kappa shape index (κ3) is 2.48. The van der Waals surface area contributed by atoms with Gasteiger partial charge < -0.3 is 0 Å². The summed E-state index contributed by atoms with van der Waals surface area (Å²) >= 11 is 3.06. The van der Waals surface area contributed by atoms with Crippen molar-refractivity contribution in [2.45, 2.75) is 6.42 Å². The highest BCUT2D eigenvalue weighted by atomic mass is 79.9. The summed E-state index contributed by atoms with van der Waals surface area (Å²) in [5, 5.41) is 10.6. The van der Waals surface area contributed by atoms with Crippen molar-refractivity contribution in [1.29, 1.82) is 0 Å². The summed E-state index contributed by atoms with van der Waals surface area (Å²) in [4.78, 5) is 21.0. The molecule has 0 N–H and O–H groups in total. The molecule has 0 fully saturated rings. The van der Waals surface area contributed by atoms with Gasteiger partial charge in [-0.25, -0.2) is 0 Å². The molecule has 1 aliphatic carbocycles. The number of rotatable bonds is 3. The van der Waals surface area contributed by atoms with Crippen LogP contribution in [0, 0.1) is 16.0 Å². The summed E-state index contributed by atoms with van der Waals surface area (Å²) in [5.41, 5.74) is 0.0682. The van der Waals surface area contributed by atoms with E-state index >= 15 is 0 Å². The van der Waals surface area contributed by atoms with Gasteiger partial charge in [-0.2, -0.15) is 0 Å². The van der Waals surface area contributed by atoms with Crippen molar-refractivity contribution in [1.82, 2.24) is 0 Å². The van der Waals surface area contributed by atoms with Crippen LogP contribution in [0.4, 0.5) is 0 Å². The van der Waals surface area contributed by atoms with E-state index in [9.17, 15) is 14.9 Å². The van der Waals surface area contributed by atoms with Gasteiger partial charge in [-0.15, -0.1) is 0 Å². The number of Topliss-reactive ketones (excluding diaryl/α,β-unsaturated/α-hetero) is 1. The van der Waals surface area contributed by atoms with Crippen LogP contribution in [0.25, 0.3) is 0 Å². The van der Waals surface area contributed by atoms with Gasteiger partial charge in [-0.05, 0) is 12.5 Å². The molecule has 5 heteroatoms. The molecule has 0 amide bonds. The number of nitrogens with zero attached hydrogens (tertiary/aromatic N) is 1. The maximum absolute atomic E-state index is 11.1. The SMILES string of the molecule is O=C(CBr)C1C=CC([N+](=O)[O-])=CC1. The fourth-order valence-corrected chi connectivity index (χ4v) is 1.50. The van der Waals surface area contributed by atoms with Crippen LogP contribution in [0.5, 0.6) is 0 Å². The number of halogens is 1. The molecule has 0 heterocycles. The minimum Gasteiger partial charge on any atom is -0.298 e. The topological polar surface area (TPSA) is 60.2 Å². The minimum absolute atomic E-state index is 0.0508. The Morgan fingerprint density at radius 3 is 2.85 bits per heavy atom. The second kappa shape index (κ2) is 4.32. The second-order valence-electron chi connectivity index (χ2n) is 2.69. The maximum Gasteiger partial charge on any atom is 0.265 e. The lowest BCUT2D eigenvalue weighted by atomic mass is 9.96. The molecule has 1 rings (SSSR count). The second-order valence-corrected chi connectivity index (χ2v) is 3.25. The molecular weight excluding hydrogens is 238 g/mol. The van der Waals surface area contributed by atoms with Crippen molar-refractivity contribution >= 4 is 21.7 Å². The first-order valence-electron chi connectivity index (χ1n) is 3.76. The van der Waals surface area contributed by atoms with Gasteiger partial charge in [0.2, 0.25) is 0 Å². The van der Waals surface area contributed by atoms with E-state index in [4.69, 9.17) is 0 Å². The van der Waals surface area contributed by atoms with Crippen LogP contribution < -0.4 is 0 Å². The number of nitro groups is 1. The van der Waals surface area contributed by atoms with Crippen molar-refractivity contribution < 1.29 is 9.72 Å². The molecule has 0 bridgehead atoms. The number of hydrogen-bond donors (Lipinski definition) is 0. The summed E-state index contributed by atoms with van der Waals surface area (Å²) in [6, 6.07) is 0. The Hall–Kier alpha value is -0.970. The Morgan fingerprint density at radius 2 is 2.46 bits per heavy atom. The third-order valence-corrected chi connectivity index (χ3v) is 2.39. The number of hydrogen-bond acceptors (Lipinski definition) is 3. The Morgan fingerprint density at radius 1 is 1.77 bits per heavy atom. The molecule has 13 heavy (non-hydrogen) atoms. The van der Waals surface area contributed by atoms with Gasteiger partial charge in [-0.3, -0.25) is 14.9 Å². The number of alkyl halides is 1. The Bertz CT molecular complexity index is 296. The van der Waals surface area contributed by atoms with Crippen molar-refractivity contribution in [3.05, 3.63) is 34.0 Å². The van der Waals surface area contributed by atoms with Gasteiger partial charge in [0.05, 0.1) is 10.3 Å². The zero-order valence-electron chi connectivity index (χ0n) is 6.77. The first kappa shape index (κ1) is 10.1. The highest BCUT2D eigenvalue weighted by molar-refractivity contribution is 9.09. The Labute approximate surface area is 83.6 Å². The molecular formula is C8H8BrNO3. The average Bonchev–Trinajstić information content (AvgIpc) is 2.17. The predicted molar refractivity (Wildman–Crippen MR) is 51.1 cm³/mol. The molecule has 0 aliphatic heterocycles. The van der Waals surface area contributed by atoms with Crippen LogP contribution in [-0.2, 0) is 4.79 Å². The molecule has 0 aromatic carbocycles. The third-order valence-electron chi connectivity index (χ3n) is 1.84.